The normalized spacial score (nSPS) is 17.1. The zero-order chi connectivity index (χ0) is 15.9. The minimum Gasteiger partial charge on any atom is -0.492 e. The molecule has 1 heterocycles. The van der Waals surface area contributed by atoms with Gasteiger partial charge in [0.15, 0.2) is 5.11 Å². The molecule has 0 aromatic heterocycles. The summed E-state index contributed by atoms with van der Waals surface area (Å²) < 4.78 is 11.3. The van der Waals surface area contributed by atoms with Crippen LogP contribution in [-0.4, -0.2) is 37.5 Å². The summed E-state index contributed by atoms with van der Waals surface area (Å²) in [6.07, 6.45) is 2.55. The third kappa shape index (κ3) is 4.81. The van der Waals surface area contributed by atoms with Crippen LogP contribution in [0.1, 0.15) is 12.8 Å². The molecule has 0 amide bonds. The SMILES string of the molecule is S=C(NCCOc1ccc2ccccc2c1)NC[C@H]1CCCO1. The number of benzene rings is 2. The molecular weight excluding hydrogens is 308 g/mol. The van der Waals surface area contributed by atoms with Crippen LogP contribution in [-0.2, 0) is 4.74 Å². The molecule has 3 rings (SSSR count). The number of hydrogen-bond donors (Lipinski definition) is 2. The lowest BCUT2D eigenvalue weighted by molar-refractivity contribution is 0.114. The summed E-state index contributed by atoms with van der Waals surface area (Å²) in [5.74, 6) is 0.878. The van der Waals surface area contributed by atoms with Crippen molar-refractivity contribution < 1.29 is 9.47 Å². The van der Waals surface area contributed by atoms with Gasteiger partial charge in [-0.15, -0.1) is 0 Å². The van der Waals surface area contributed by atoms with Gasteiger partial charge in [-0.1, -0.05) is 30.3 Å². The second-order valence-electron chi connectivity index (χ2n) is 5.63. The quantitative estimate of drug-likeness (QED) is 0.630. The van der Waals surface area contributed by atoms with Crippen LogP contribution in [0.2, 0.25) is 0 Å². The zero-order valence-electron chi connectivity index (χ0n) is 13.1. The lowest BCUT2D eigenvalue weighted by Crippen LogP contribution is -2.40. The van der Waals surface area contributed by atoms with Gasteiger partial charge >= 0.3 is 0 Å². The Morgan fingerprint density at radius 2 is 2.04 bits per heavy atom. The first-order chi connectivity index (χ1) is 11.3. The summed E-state index contributed by atoms with van der Waals surface area (Å²) in [7, 11) is 0. The van der Waals surface area contributed by atoms with Gasteiger partial charge in [-0.3, -0.25) is 0 Å². The minimum atomic E-state index is 0.295. The van der Waals surface area contributed by atoms with E-state index < -0.39 is 0 Å². The first-order valence-electron chi connectivity index (χ1n) is 8.06. The van der Waals surface area contributed by atoms with Gasteiger partial charge in [0.2, 0.25) is 0 Å². The molecule has 5 heteroatoms. The maximum absolute atomic E-state index is 5.77. The molecule has 1 atom stereocenters. The van der Waals surface area contributed by atoms with E-state index >= 15 is 0 Å². The van der Waals surface area contributed by atoms with Gasteiger partial charge in [-0.05, 0) is 48.0 Å². The molecular formula is C18H22N2O2S. The highest BCUT2D eigenvalue weighted by Gasteiger charge is 2.14. The molecule has 4 nitrogen and oxygen atoms in total. The van der Waals surface area contributed by atoms with E-state index in [1.165, 1.54) is 10.8 Å². The summed E-state index contributed by atoms with van der Waals surface area (Å²) in [5, 5.41) is 9.40. The lowest BCUT2D eigenvalue weighted by atomic mass is 10.1. The highest BCUT2D eigenvalue weighted by atomic mass is 32.1. The molecule has 23 heavy (non-hydrogen) atoms. The fourth-order valence-electron chi connectivity index (χ4n) is 2.66. The van der Waals surface area contributed by atoms with Crippen molar-refractivity contribution in [2.24, 2.45) is 0 Å². The predicted octanol–water partition coefficient (Wildman–Crippen LogP) is 2.86. The summed E-state index contributed by atoms with van der Waals surface area (Å²) in [6, 6.07) is 14.4. The molecule has 2 aromatic carbocycles. The summed E-state index contributed by atoms with van der Waals surface area (Å²) in [4.78, 5) is 0. The molecule has 1 fully saturated rings. The van der Waals surface area contributed by atoms with Gasteiger partial charge in [-0.2, -0.15) is 0 Å². The monoisotopic (exact) mass is 330 g/mol. The first-order valence-corrected chi connectivity index (χ1v) is 8.47. The highest BCUT2D eigenvalue weighted by Crippen LogP contribution is 2.20. The van der Waals surface area contributed by atoms with Crippen LogP contribution >= 0.6 is 12.2 Å². The second kappa shape index (κ2) is 8.13. The van der Waals surface area contributed by atoms with E-state index in [4.69, 9.17) is 21.7 Å². The minimum absolute atomic E-state index is 0.295. The van der Waals surface area contributed by atoms with Crippen molar-refractivity contribution in [2.75, 3.05) is 26.3 Å². The fraction of sp³-hybridized carbons (Fsp3) is 0.389. The average Bonchev–Trinajstić information content (AvgIpc) is 3.10. The Morgan fingerprint density at radius 1 is 1.17 bits per heavy atom. The molecule has 2 aromatic rings. The van der Waals surface area contributed by atoms with Gasteiger partial charge in [0.25, 0.3) is 0 Å². The second-order valence-corrected chi connectivity index (χ2v) is 6.04. The van der Waals surface area contributed by atoms with Crippen molar-refractivity contribution in [3.05, 3.63) is 42.5 Å². The summed E-state index contributed by atoms with van der Waals surface area (Å²) >= 11 is 5.25. The van der Waals surface area contributed by atoms with Crippen molar-refractivity contribution in [3.8, 4) is 5.75 Å². The molecule has 0 saturated carbocycles. The van der Waals surface area contributed by atoms with Crippen LogP contribution in [0.5, 0.6) is 5.75 Å². The Hall–Kier alpha value is -1.85. The third-order valence-electron chi connectivity index (χ3n) is 3.89. The smallest absolute Gasteiger partial charge is 0.166 e. The Morgan fingerprint density at radius 3 is 2.87 bits per heavy atom. The number of fused-ring (bicyclic) bond motifs is 1. The van der Waals surface area contributed by atoms with E-state index in [1.54, 1.807) is 0 Å². The van der Waals surface area contributed by atoms with Crippen LogP contribution in [0.15, 0.2) is 42.5 Å². The first kappa shape index (κ1) is 16.0. The number of nitrogens with one attached hydrogen (secondary N) is 2. The van der Waals surface area contributed by atoms with E-state index in [-0.39, 0.29) is 0 Å². The van der Waals surface area contributed by atoms with E-state index in [1.807, 2.05) is 18.2 Å². The molecule has 0 aliphatic carbocycles. The predicted molar refractivity (Wildman–Crippen MR) is 97.0 cm³/mol. The van der Waals surface area contributed by atoms with Crippen LogP contribution in [0.3, 0.4) is 0 Å². The molecule has 122 valence electrons. The van der Waals surface area contributed by atoms with E-state index in [0.29, 0.717) is 24.4 Å². The van der Waals surface area contributed by atoms with E-state index in [2.05, 4.69) is 34.9 Å². The van der Waals surface area contributed by atoms with Crippen molar-refractivity contribution in [1.29, 1.82) is 0 Å². The van der Waals surface area contributed by atoms with E-state index in [9.17, 15) is 0 Å². The van der Waals surface area contributed by atoms with Gasteiger partial charge in [0, 0.05) is 13.2 Å². The van der Waals surface area contributed by atoms with Gasteiger partial charge < -0.3 is 20.1 Å². The lowest BCUT2D eigenvalue weighted by Gasteiger charge is -2.14. The largest absolute Gasteiger partial charge is 0.492 e. The molecule has 0 unspecified atom stereocenters. The van der Waals surface area contributed by atoms with Crippen molar-refractivity contribution in [3.63, 3.8) is 0 Å². The molecule has 0 bridgehead atoms. The Balaban J connectivity index is 1.36. The van der Waals surface area contributed by atoms with Gasteiger partial charge in [-0.25, -0.2) is 0 Å². The average molecular weight is 330 g/mol. The molecule has 2 N–H and O–H groups in total. The summed E-state index contributed by atoms with van der Waals surface area (Å²) in [6.45, 7) is 2.88. The van der Waals surface area contributed by atoms with E-state index in [0.717, 1.165) is 31.7 Å². The molecule has 0 radical (unpaired) electrons. The molecule has 1 saturated heterocycles. The van der Waals surface area contributed by atoms with Crippen molar-refractivity contribution >= 4 is 28.1 Å². The highest BCUT2D eigenvalue weighted by molar-refractivity contribution is 7.80. The number of rotatable bonds is 6. The van der Waals surface area contributed by atoms with Crippen LogP contribution < -0.4 is 15.4 Å². The van der Waals surface area contributed by atoms with Gasteiger partial charge in [0.1, 0.15) is 12.4 Å². The topological polar surface area (TPSA) is 42.5 Å². The van der Waals surface area contributed by atoms with Crippen LogP contribution in [0.25, 0.3) is 10.8 Å². The van der Waals surface area contributed by atoms with Gasteiger partial charge in [0.05, 0.1) is 12.6 Å². The van der Waals surface area contributed by atoms with Crippen LogP contribution in [0, 0.1) is 0 Å². The number of hydrogen-bond acceptors (Lipinski definition) is 3. The van der Waals surface area contributed by atoms with Crippen LogP contribution in [0.4, 0.5) is 0 Å². The summed E-state index contributed by atoms with van der Waals surface area (Å²) in [5.41, 5.74) is 0. The number of thiocarbonyl (C=S) groups is 1. The third-order valence-corrected chi connectivity index (χ3v) is 4.18. The number of ether oxygens (including phenoxy) is 2. The Labute approximate surface area is 142 Å². The molecule has 1 aliphatic rings. The Kier molecular flexibility index (Phi) is 5.66. The fourth-order valence-corrected chi connectivity index (χ4v) is 2.85. The maximum atomic E-state index is 5.77. The van der Waals surface area contributed by atoms with Crippen molar-refractivity contribution in [1.82, 2.24) is 10.6 Å². The standard InChI is InChI=1S/C18H22N2O2S/c23-18(20-13-17-6-3-10-21-17)19-9-11-22-16-8-7-14-4-1-2-5-15(14)12-16/h1-2,4-5,7-8,12,17H,3,6,9-11,13H2,(H2,19,20,23)/t17-/m1/s1. The molecule has 0 spiro atoms. The molecule has 1 aliphatic heterocycles. The maximum Gasteiger partial charge on any atom is 0.166 e. The zero-order valence-corrected chi connectivity index (χ0v) is 13.9. The van der Waals surface area contributed by atoms with Crippen molar-refractivity contribution in [2.45, 2.75) is 18.9 Å². The Bertz CT molecular complexity index is 656.